The van der Waals surface area contributed by atoms with Crippen LogP contribution in [-0.2, 0) is 41.3 Å². The summed E-state index contributed by atoms with van der Waals surface area (Å²) in [4.78, 5) is 0. The molecule has 0 spiro atoms. The van der Waals surface area contributed by atoms with Gasteiger partial charge in [0.2, 0.25) is 0 Å². The molecule has 0 bridgehead atoms. The van der Waals surface area contributed by atoms with E-state index in [0.29, 0.717) is 23.3 Å². The number of thioether (sulfide) groups is 2. The van der Waals surface area contributed by atoms with Crippen molar-refractivity contribution in [1.82, 2.24) is 0 Å². The van der Waals surface area contributed by atoms with Crippen LogP contribution in [0.2, 0.25) is 0 Å². The largest absolute Gasteiger partial charge is 0.330 e. The molecular weight excluding hydrogens is 653 g/mol. The van der Waals surface area contributed by atoms with Gasteiger partial charge >= 0.3 is 0 Å². The van der Waals surface area contributed by atoms with E-state index in [1.54, 1.807) is 34.0 Å². The van der Waals surface area contributed by atoms with E-state index >= 15 is 0 Å². The summed E-state index contributed by atoms with van der Waals surface area (Å²) in [6.07, 6.45) is 5.79. The molecule has 0 fully saturated rings. The Morgan fingerprint density at radius 2 is 1.07 bits per heavy atom. The van der Waals surface area contributed by atoms with Crippen LogP contribution in [0.1, 0.15) is 96.4 Å². The molecule has 0 aliphatic heterocycles. The quantitative estimate of drug-likeness (QED) is 0.268. The van der Waals surface area contributed by atoms with Crippen molar-refractivity contribution >= 4 is 64.8 Å². The van der Waals surface area contributed by atoms with Crippen molar-refractivity contribution in [1.29, 1.82) is 0 Å². The molecule has 2 unspecified atom stereocenters. The number of rotatable bonds is 12. The average Bonchev–Trinajstić information content (AvgIpc) is 2.84. The van der Waals surface area contributed by atoms with E-state index in [0.717, 1.165) is 29.2 Å². The Kier molecular flexibility index (Phi) is 45.6. The lowest BCUT2D eigenvalue weighted by Gasteiger charge is -2.03. The van der Waals surface area contributed by atoms with Gasteiger partial charge in [-0.25, -0.2) is 16.8 Å². The fraction of sp³-hybridized carbons (Fsp3) is 1.00. The Morgan fingerprint density at radius 3 is 1.14 bits per heavy atom. The van der Waals surface area contributed by atoms with Crippen LogP contribution in [-0.4, -0.2) is 106 Å². The fourth-order valence-electron chi connectivity index (χ4n) is 1.18. The van der Waals surface area contributed by atoms with E-state index in [2.05, 4.69) is 34.0 Å². The van der Waals surface area contributed by atoms with E-state index in [-0.39, 0.29) is 15.7 Å². The second-order valence-corrected chi connectivity index (χ2v) is 23.2. The predicted molar refractivity (Wildman–Crippen MR) is 201 cm³/mol. The second kappa shape index (κ2) is 34.7. The maximum Gasteiger partial charge on any atom is 0.152 e. The van der Waals surface area contributed by atoms with Crippen molar-refractivity contribution in [2.75, 3.05) is 49.1 Å². The SMILES string of the molecule is CC(C)S(=O)CCN.CC(C)S(C)(=O)=O.CC(C)S(C)=O.CC(C)SCCN.CCCS(=O)(=O)C(C)C.CSC(C)C. The Labute approximate surface area is 277 Å². The van der Waals surface area contributed by atoms with Gasteiger partial charge in [-0.2, -0.15) is 23.5 Å². The van der Waals surface area contributed by atoms with Crippen LogP contribution in [0.3, 0.4) is 0 Å². The Morgan fingerprint density at radius 1 is 0.714 bits per heavy atom. The lowest BCUT2D eigenvalue weighted by atomic mass is 10.6. The van der Waals surface area contributed by atoms with Crippen LogP contribution in [0.5, 0.6) is 0 Å². The van der Waals surface area contributed by atoms with Crippen LogP contribution < -0.4 is 11.5 Å². The molecule has 0 amide bonds. The molecule has 0 heterocycles. The van der Waals surface area contributed by atoms with Gasteiger partial charge in [-0.15, -0.1) is 0 Å². The van der Waals surface area contributed by atoms with E-state index in [1.807, 2.05) is 58.1 Å². The van der Waals surface area contributed by atoms with Crippen molar-refractivity contribution < 1.29 is 25.3 Å². The predicted octanol–water partition coefficient (Wildman–Crippen LogP) is 5.38. The summed E-state index contributed by atoms with van der Waals surface area (Å²) in [7, 11) is -6.80. The van der Waals surface area contributed by atoms with Crippen LogP contribution >= 0.6 is 23.5 Å². The van der Waals surface area contributed by atoms with Gasteiger partial charge in [-0.1, -0.05) is 62.3 Å². The van der Waals surface area contributed by atoms with Crippen molar-refractivity contribution in [2.24, 2.45) is 11.5 Å². The maximum absolute atomic E-state index is 10.9. The van der Waals surface area contributed by atoms with Gasteiger partial charge < -0.3 is 11.5 Å². The molecule has 2 atom stereocenters. The molecule has 0 saturated heterocycles. The third kappa shape index (κ3) is 56.6. The smallest absolute Gasteiger partial charge is 0.152 e. The first-order valence-electron chi connectivity index (χ1n) is 14.5. The topological polar surface area (TPSA) is 154 Å². The summed E-state index contributed by atoms with van der Waals surface area (Å²) in [5.74, 6) is 2.06. The number of nitrogens with two attached hydrogens (primary N) is 2. The van der Waals surface area contributed by atoms with Crippen LogP contribution in [0.25, 0.3) is 0 Å². The van der Waals surface area contributed by atoms with Crippen molar-refractivity contribution in [3.63, 3.8) is 0 Å². The summed E-state index contributed by atoms with van der Waals surface area (Å²) < 4.78 is 63.6. The molecule has 0 aromatic rings. The molecule has 8 nitrogen and oxygen atoms in total. The van der Waals surface area contributed by atoms with Gasteiger partial charge in [-0.3, -0.25) is 8.42 Å². The molecule has 0 aliphatic carbocycles. The molecule has 0 saturated carbocycles. The molecule has 0 aromatic heterocycles. The zero-order chi connectivity index (χ0) is 35.3. The Balaban J connectivity index is -0.0000000934. The van der Waals surface area contributed by atoms with Gasteiger partial charge in [0.05, 0.1) is 16.3 Å². The minimum atomic E-state index is -2.75. The van der Waals surface area contributed by atoms with Gasteiger partial charge in [0.1, 0.15) is 9.84 Å². The molecule has 14 heteroatoms. The summed E-state index contributed by atoms with van der Waals surface area (Å²) in [5.41, 5.74) is 10.4. The van der Waals surface area contributed by atoms with Gasteiger partial charge in [0.25, 0.3) is 0 Å². The minimum absolute atomic E-state index is 0.211. The van der Waals surface area contributed by atoms with Gasteiger partial charge in [0, 0.05) is 69.2 Å². The third-order valence-electron chi connectivity index (χ3n) is 4.61. The summed E-state index contributed by atoms with van der Waals surface area (Å²) >= 11 is 3.79. The fourth-order valence-corrected chi connectivity index (χ4v) is 3.53. The highest BCUT2D eigenvalue weighted by Crippen LogP contribution is 2.06. The summed E-state index contributed by atoms with van der Waals surface area (Å²) in [6, 6.07) is 0. The van der Waals surface area contributed by atoms with Crippen LogP contribution in [0.15, 0.2) is 0 Å². The van der Waals surface area contributed by atoms with Crippen molar-refractivity contribution in [2.45, 2.75) is 128 Å². The monoisotopic (exact) mass is 722 g/mol. The molecule has 0 aromatic carbocycles. The summed E-state index contributed by atoms with van der Waals surface area (Å²) in [6.45, 7) is 26.5. The Bertz CT molecular complexity index is 815. The standard InChI is InChI=1S/C6H14O2S.C5H13NOS.C5H13NS.C4H10O2S.C4H10OS.C4H10S/c1-4-5-9(7,8)6(2)3;1-5(2)8(7)4-3-6;1-5(2)7-4-3-6;1-4(2)7(3,5)6;1-4(2)6(3)5;1-4(2)5-3/h6H,4-5H2,1-3H3;5H,3-4,6H2,1-2H3;5H,3-4,6H2,1-2H3;4H,1-3H3;4H,1-3H3;4H,1-3H3. The molecule has 0 rings (SSSR count). The Hall–Kier alpha value is 0.820. The molecule has 264 valence electrons. The minimum Gasteiger partial charge on any atom is -0.330 e. The summed E-state index contributed by atoms with van der Waals surface area (Å²) in [5, 5.41) is 1.69. The lowest BCUT2D eigenvalue weighted by Crippen LogP contribution is -2.16. The highest BCUT2D eigenvalue weighted by Gasteiger charge is 2.13. The van der Waals surface area contributed by atoms with Crippen LogP contribution in [0.4, 0.5) is 0 Å². The highest BCUT2D eigenvalue weighted by molar-refractivity contribution is 7.99. The van der Waals surface area contributed by atoms with E-state index in [9.17, 15) is 25.3 Å². The normalized spacial score (nSPS) is 12.6. The van der Waals surface area contributed by atoms with E-state index in [1.165, 1.54) is 6.26 Å². The molecule has 42 heavy (non-hydrogen) atoms. The zero-order valence-corrected chi connectivity index (χ0v) is 34.7. The first-order valence-corrected chi connectivity index (χ1v) is 23.5. The van der Waals surface area contributed by atoms with Gasteiger partial charge in [0.15, 0.2) is 9.84 Å². The number of hydrogen-bond acceptors (Lipinski definition) is 10. The second-order valence-electron chi connectivity index (χ2n) is 10.8. The zero-order valence-electron chi connectivity index (χ0n) is 29.8. The lowest BCUT2D eigenvalue weighted by molar-refractivity contribution is 0.585. The number of sulfone groups is 2. The number of hydrogen-bond donors (Lipinski definition) is 2. The van der Waals surface area contributed by atoms with Crippen molar-refractivity contribution in [3.8, 4) is 0 Å². The van der Waals surface area contributed by atoms with Crippen LogP contribution in [0, 0.1) is 0 Å². The van der Waals surface area contributed by atoms with Gasteiger partial charge in [-0.05, 0) is 50.9 Å². The molecular formula is C28H70N2O6S6. The maximum atomic E-state index is 10.9. The van der Waals surface area contributed by atoms with E-state index < -0.39 is 41.3 Å². The molecule has 0 radical (unpaired) electrons. The molecule has 4 N–H and O–H groups in total. The van der Waals surface area contributed by atoms with E-state index in [4.69, 9.17) is 11.5 Å². The average molecular weight is 723 g/mol. The first kappa shape index (κ1) is 55.2. The third-order valence-corrected chi connectivity index (χ3v) is 13.8. The highest BCUT2D eigenvalue weighted by atomic mass is 32.2. The first-order chi connectivity index (χ1) is 18.8. The van der Waals surface area contributed by atoms with Crippen molar-refractivity contribution in [3.05, 3.63) is 0 Å². The molecule has 0 aliphatic rings.